The second kappa shape index (κ2) is 3.70. The van der Waals surface area contributed by atoms with E-state index in [1.54, 1.807) is 12.1 Å². The molecule has 2 rings (SSSR count). The van der Waals surface area contributed by atoms with Crippen LogP contribution in [0.2, 0.25) is 0 Å². The number of sulfone groups is 1. The third-order valence-electron chi connectivity index (χ3n) is 2.73. The first-order chi connectivity index (χ1) is 7.12. The van der Waals surface area contributed by atoms with Crippen molar-refractivity contribution >= 4 is 9.84 Å². The molecule has 0 saturated carbocycles. The molecule has 1 aromatic heterocycles. The summed E-state index contributed by atoms with van der Waals surface area (Å²) in [7, 11) is -2.93. The predicted molar refractivity (Wildman–Crippen MR) is 53.8 cm³/mol. The van der Waals surface area contributed by atoms with Crippen LogP contribution in [0.25, 0.3) is 0 Å². The molecule has 1 saturated heterocycles. The number of nitrogens with zero attached hydrogens (tertiary/aromatic N) is 1. The molecule has 2 unspecified atom stereocenters. The Morgan fingerprint density at radius 2 is 2.40 bits per heavy atom. The van der Waals surface area contributed by atoms with Crippen LogP contribution in [-0.4, -0.2) is 19.9 Å². The maximum atomic E-state index is 11.3. The van der Waals surface area contributed by atoms with E-state index in [1.807, 2.05) is 0 Å². The Hall–Kier alpha value is -1.28. The monoisotopic (exact) mass is 225 g/mol. The summed E-state index contributed by atoms with van der Waals surface area (Å²) in [6, 6.07) is 5.56. The Balaban J connectivity index is 2.21. The lowest BCUT2D eigenvalue weighted by Gasteiger charge is -2.11. The lowest BCUT2D eigenvalue weighted by molar-refractivity contribution is 0.430. The second-order valence-corrected chi connectivity index (χ2v) is 6.01. The molecule has 0 amide bonds. The zero-order valence-corrected chi connectivity index (χ0v) is 8.90. The molecule has 0 radical (unpaired) electrons. The standard InChI is InChI=1S/C10H11NO3S/c11-6-9(10-2-1-4-14-10)8-3-5-15(12,13)7-8/h1-2,4,8-9H,3,5,7H2. The van der Waals surface area contributed by atoms with Crippen molar-refractivity contribution < 1.29 is 12.8 Å². The number of rotatable bonds is 2. The summed E-state index contributed by atoms with van der Waals surface area (Å²) in [5.74, 6) is 0.311. The van der Waals surface area contributed by atoms with Crippen molar-refractivity contribution in [2.45, 2.75) is 12.3 Å². The van der Waals surface area contributed by atoms with Gasteiger partial charge in [0.1, 0.15) is 11.7 Å². The Labute approximate surface area is 88.4 Å². The highest BCUT2D eigenvalue weighted by Crippen LogP contribution is 2.32. The average molecular weight is 225 g/mol. The van der Waals surface area contributed by atoms with Gasteiger partial charge in [-0.1, -0.05) is 0 Å². The summed E-state index contributed by atoms with van der Waals surface area (Å²) in [4.78, 5) is 0. The van der Waals surface area contributed by atoms with Crippen molar-refractivity contribution in [3.8, 4) is 6.07 Å². The zero-order valence-electron chi connectivity index (χ0n) is 8.09. The molecule has 2 heterocycles. The summed E-state index contributed by atoms with van der Waals surface area (Å²) in [6.07, 6.45) is 2.06. The van der Waals surface area contributed by atoms with E-state index in [9.17, 15) is 8.42 Å². The minimum absolute atomic E-state index is 0.103. The molecule has 1 aromatic rings. The number of nitriles is 1. The Morgan fingerprint density at radius 1 is 1.60 bits per heavy atom. The van der Waals surface area contributed by atoms with Crippen LogP contribution in [0.1, 0.15) is 18.1 Å². The van der Waals surface area contributed by atoms with Crippen LogP contribution in [0, 0.1) is 17.2 Å². The molecule has 1 fully saturated rings. The molecule has 80 valence electrons. The van der Waals surface area contributed by atoms with E-state index in [0.29, 0.717) is 12.2 Å². The second-order valence-electron chi connectivity index (χ2n) is 3.79. The fourth-order valence-corrected chi connectivity index (χ4v) is 3.80. The van der Waals surface area contributed by atoms with Gasteiger partial charge in [-0.2, -0.15) is 5.26 Å². The average Bonchev–Trinajstić information content (AvgIpc) is 2.77. The third kappa shape index (κ3) is 2.05. The largest absolute Gasteiger partial charge is 0.468 e. The molecule has 4 nitrogen and oxygen atoms in total. The SMILES string of the molecule is N#CC(c1ccco1)C1CCS(=O)(=O)C1. The lowest BCUT2D eigenvalue weighted by atomic mass is 9.91. The van der Waals surface area contributed by atoms with Gasteiger partial charge in [0, 0.05) is 0 Å². The number of furan rings is 1. The minimum atomic E-state index is -2.93. The Bertz CT molecular complexity index is 469. The summed E-state index contributed by atoms with van der Waals surface area (Å²) < 4.78 is 27.7. The first-order valence-electron chi connectivity index (χ1n) is 4.76. The van der Waals surface area contributed by atoms with E-state index >= 15 is 0 Å². The topological polar surface area (TPSA) is 71.1 Å². The van der Waals surface area contributed by atoms with Crippen LogP contribution in [0.15, 0.2) is 22.8 Å². The fourth-order valence-electron chi connectivity index (χ4n) is 1.96. The molecule has 1 aliphatic heterocycles. The van der Waals surface area contributed by atoms with Gasteiger partial charge >= 0.3 is 0 Å². The summed E-state index contributed by atoms with van der Waals surface area (Å²) >= 11 is 0. The van der Waals surface area contributed by atoms with Crippen molar-refractivity contribution in [1.82, 2.24) is 0 Å². The van der Waals surface area contributed by atoms with Crippen LogP contribution in [-0.2, 0) is 9.84 Å². The van der Waals surface area contributed by atoms with Crippen LogP contribution < -0.4 is 0 Å². The maximum absolute atomic E-state index is 11.3. The van der Waals surface area contributed by atoms with Crippen molar-refractivity contribution in [2.24, 2.45) is 5.92 Å². The van der Waals surface area contributed by atoms with Gasteiger partial charge in [0.25, 0.3) is 0 Å². The highest BCUT2D eigenvalue weighted by Gasteiger charge is 2.35. The third-order valence-corrected chi connectivity index (χ3v) is 4.52. The van der Waals surface area contributed by atoms with Gasteiger partial charge in [0.2, 0.25) is 0 Å². The summed E-state index contributed by atoms with van der Waals surface area (Å²) in [6.45, 7) is 0. The van der Waals surface area contributed by atoms with Gasteiger partial charge in [-0.3, -0.25) is 0 Å². The van der Waals surface area contributed by atoms with Gasteiger partial charge in [-0.05, 0) is 24.5 Å². The Morgan fingerprint density at radius 3 is 2.87 bits per heavy atom. The van der Waals surface area contributed by atoms with E-state index in [-0.39, 0.29) is 17.4 Å². The molecule has 0 bridgehead atoms. The summed E-state index contributed by atoms with van der Waals surface area (Å²) in [5, 5.41) is 9.02. The van der Waals surface area contributed by atoms with Crippen molar-refractivity contribution in [3.63, 3.8) is 0 Å². The summed E-state index contributed by atoms with van der Waals surface area (Å²) in [5.41, 5.74) is 0. The maximum Gasteiger partial charge on any atom is 0.150 e. The highest BCUT2D eigenvalue weighted by atomic mass is 32.2. The van der Waals surface area contributed by atoms with Crippen LogP contribution >= 0.6 is 0 Å². The predicted octanol–water partition coefficient (Wildman–Crippen LogP) is 1.32. The van der Waals surface area contributed by atoms with Crippen molar-refractivity contribution in [3.05, 3.63) is 24.2 Å². The first-order valence-corrected chi connectivity index (χ1v) is 6.58. The smallest absolute Gasteiger partial charge is 0.150 e. The van der Waals surface area contributed by atoms with Crippen LogP contribution in [0.3, 0.4) is 0 Å². The van der Waals surface area contributed by atoms with E-state index in [0.717, 1.165) is 0 Å². The van der Waals surface area contributed by atoms with E-state index in [4.69, 9.17) is 9.68 Å². The molecule has 0 spiro atoms. The van der Waals surface area contributed by atoms with Gasteiger partial charge in [-0.15, -0.1) is 0 Å². The van der Waals surface area contributed by atoms with E-state index < -0.39 is 15.8 Å². The molecular formula is C10H11NO3S. The number of hydrogen-bond acceptors (Lipinski definition) is 4. The first kappa shape index (κ1) is 10.2. The van der Waals surface area contributed by atoms with E-state index in [1.165, 1.54) is 6.26 Å². The van der Waals surface area contributed by atoms with Gasteiger partial charge in [0.05, 0.1) is 23.8 Å². The van der Waals surface area contributed by atoms with Gasteiger partial charge in [0.15, 0.2) is 9.84 Å². The zero-order chi connectivity index (χ0) is 10.9. The molecule has 0 N–H and O–H groups in total. The minimum Gasteiger partial charge on any atom is -0.468 e. The molecular weight excluding hydrogens is 214 g/mol. The molecule has 15 heavy (non-hydrogen) atoms. The van der Waals surface area contributed by atoms with Crippen molar-refractivity contribution in [1.29, 1.82) is 5.26 Å². The van der Waals surface area contributed by atoms with E-state index in [2.05, 4.69) is 6.07 Å². The normalized spacial score (nSPS) is 25.9. The van der Waals surface area contributed by atoms with Crippen molar-refractivity contribution in [2.75, 3.05) is 11.5 Å². The molecule has 5 heteroatoms. The van der Waals surface area contributed by atoms with Gasteiger partial charge in [-0.25, -0.2) is 8.42 Å². The quantitative estimate of drug-likeness (QED) is 0.761. The Kier molecular flexibility index (Phi) is 2.53. The van der Waals surface area contributed by atoms with Crippen LogP contribution in [0.5, 0.6) is 0 Å². The number of hydrogen-bond donors (Lipinski definition) is 0. The fraction of sp³-hybridized carbons (Fsp3) is 0.500. The molecule has 0 aromatic carbocycles. The lowest BCUT2D eigenvalue weighted by Crippen LogP contribution is -2.12. The highest BCUT2D eigenvalue weighted by molar-refractivity contribution is 7.91. The van der Waals surface area contributed by atoms with Crippen LogP contribution in [0.4, 0.5) is 0 Å². The molecule has 1 aliphatic rings. The molecule has 0 aliphatic carbocycles. The van der Waals surface area contributed by atoms with Gasteiger partial charge < -0.3 is 4.42 Å². The molecule has 2 atom stereocenters.